The van der Waals surface area contributed by atoms with Crippen molar-refractivity contribution in [3.63, 3.8) is 0 Å². The minimum absolute atomic E-state index is 0.0979. The fourth-order valence-electron chi connectivity index (χ4n) is 2.27. The van der Waals surface area contributed by atoms with Gasteiger partial charge in [0.15, 0.2) is 0 Å². The second-order valence-corrected chi connectivity index (χ2v) is 4.95. The van der Waals surface area contributed by atoms with E-state index in [1.807, 2.05) is 0 Å². The molecule has 6 heteroatoms. The lowest BCUT2D eigenvalue weighted by Crippen LogP contribution is -2.49. The van der Waals surface area contributed by atoms with E-state index in [1.54, 1.807) is 24.5 Å². The maximum Gasteiger partial charge on any atom is 0.237 e. The Morgan fingerprint density at radius 2 is 2.15 bits per heavy atom. The molecule has 1 aliphatic rings. The van der Waals surface area contributed by atoms with E-state index in [4.69, 9.17) is 5.73 Å². The number of nitrogens with zero attached hydrogens (tertiary/aromatic N) is 3. The van der Waals surface area contributed by atoms with Crippen molar-refractivity contribution < 1.29 is 4.79 Å². The normalized spacial score (nSPS) is 17.6. The van der Waals surface area contributed by atoms with Gasteiger partial charge in [0.1, 0.15) is 0 Å². The molecular weight excluding hydrogens is 254 g/mol. The monoisotopic (exact) mass is 275 g/mol. The van der Waals surface area contributed by atoms with Gasteiger partial charge in [-0.15, -0.1) is 6.58 Å². The molecular formula is C14H21N5O. The summed E-state index contributed by atoms with van der Waals surface area (Å²) in [6.07, 6.45) is 7.41. The molecule has 0 aromatic carbocycles. The van der Waals surface area contributed by atoms with Gasteiger partial charge in [-0.05, 0) is 25.3 Å². The average molecular weight is 275 g/mol. The van der Waals surface area contributed by atoms with Crippen molar-refractivity contribution in [2.24, 2.45) is 5.73 Å². The minimum Gasteiger partial charge on any atom is -0.352 e. The van der Waals surface area contributed by atoms with Gasteiger partial charge in [0.25, 0.3) is 0 Å². The first kappa shape index (κ1) is 14.5. The van der Waals surface area contributed by atoms with E-state index in [1.165, 1.54) is 0 Å². The number of piperidine rings is 1. The van der Waals surface area contributed by atoms with Crippen LogP contribution in [0.4, 0.5) is 5.95 Å². The van der Waals surface area contributed by atoms with Crippen molar-refractivity contribution >= 4 is 11.9 Å². The summed E-state index contributed by atoms with van der Waals surface area (Å²) in [7, 11) is 0. The zero-order valence-electron chi connectivity index (χ0n) is 11.5. The van der Waals surface area contributed by atoms with Crippen LogP contribution >= 0.6 is 0 Å². The number of carbonyl (C=O) groups is 1. The molecule has 0 aliphatic carbocycles. The highest BCUT2D eigenvalue weighted by Crippen LogP contribution is 2.15. The molecule has 1 aromatic heterocycles. The molecule has 1 atom stereocenters. The highest BCUT2D eigenvalue weighted by Gasteiger charge is 2.23. The van der Waals surface area contributed by atoms with Crippen LogP contribution in [0, 0.1) is 0 Å². The fourth-order valence-corrected chi connectivity index (χ4v) is 2.27. The Labute approximate surface area is 119 Å². The molecule has 0 bridgehead atoms. The first-order valence-corrected chi connectivity index (χ1v) is 6.89. The fraction of sp³-hybridized carbons (Fsp3) is 0.500. The van der Waals surface area contributed by atoms with Gasteiger partial charge >= 0.3 is 0 Å². The predicted octanol–water partition coefficient (Wildman–Crippen LogP) is 0.465. The molecule has 6 nitrogen and oxygen atoms in total. The van der Waals surface area contributed by atoms with E-state index in [2.05, 4.69) is 26.8 Å². The van der Waals surface area contributed by atoms with Crippen molar-refractivity contribution in [3.8, 4) is 0 Å². The SMILES string of the molecule is C=CCC(N)C(=O)NC1CCN(c2ncccn2)CC1. The summed E-state index contributed by atoms with van der Waals surface area (Å²) < 4.78 is 0. The van der Waals surface area contributed by atoms with E-state index >= 15 is 0 Å². The summed E-state index contributed by atoms with van der Waals surface area (Å²) in [6, 6.07) is 1.48. The van der Waals surface area contributed by atoms with Gasteiger partial charge in [0.2, 0.25) is 11.9 Å². The van der Waals surface area contributed by atoms with Crippen LogP contribution < -0.4 is 16.0 Å². The molecule has 1 unspecified atom stereocenters. The number of aromatic nitrogens is 2. The number of hydrogen-bond acceptors (Lipinski definition) is 5. The molecule has 1 aliphatic heterocycles. The molecule has 1 fully saturated rings. The van der Waals surface area contributed by atoms with E-state index < -0.39 is 6.04 Å². The number of nitrogens with one attached hydrogen (secondary N) is 1. The lowest BCUT2D eigenvalue weighted by molar-refractivity contribution is -0.123. The molecule has 1 saturated heterocycles. The van der Waals surface area contributed by atoms with Crippen molar-refractivity contribution in [3.05, 3.63) is 31.1 Å². The quantitative estimate of drug-likeness (QED) is 0.763. The molecule has 1 amide bonds. The van der Waals surface area contributed by atoms with Crippen LogP contribution in [0.1, 0.15) is 19.3 Å². The number of anilines is 1. The Balaban J connectivity index is 1.80. The zero-order chi connectivity index (χ0) is 14.4. The van der Waals surface area contributed by atoms with Crippen LogP contribution in [-0.2, 0) is 4.79 Å². The Bertz CT molecular complexity index is 442. The minimum atomic E-state index is -0.497. The first-order chi connectivity index (χ1) is 9.70. The number of nitrogens with two attached hydrogens (primary N) is 1. The molecule has 2 rings (SSSR count). The van der Waals surface area contributed by atoms with Gasteiger partial charge in [0.05, 0.1) is 6.04 Å². The zero-order valence-corrected chi connectivity index (χ0v) is 11.5. The lowest BCUT2D eigenvalue weighted by atomic mass is 10.0. The van der Waals surface area contributed by atoms with Crippen molar-refractivity contribution in [2.75, 3.05) is 18.0 Å². The largest absolute Gasteiger partial charge is 0.352 e. The van der Waals surface area contributed by atoms with Gasteiger partial charge in [-0.2, -0.15) is 0 Å². The second kappa shape index (κ2) is 7.00. The summed E-state index contributed by atoms with van der Waals surface area (Å²) in [4.78, 5) is 22.4. The Kier molecular flexibility index (Phi) is 5.06. The van der Waals surface area contributed by atoms with Gasteiger partial charge in [-0.1, -0.05) is 6.08 Å². The van der Waals surface area contributed by atoms with Crippen LogP contribution in [0.25, 0.3) is 0 Å². The third-order valence-corrected chi connectivity index (χ3v) is 3.43. The van der Waals surface area contributed by atoms with Crippen LogP contribution in [0.2, 0.25) is 0 Å². The topological polar surface area (TPSA) is 84.1 Å². The Morgan fingerprint density at radius 3 is 2.75 bits per heavy atom. The third kappa shape index (κ3) is 3.77. The van der Waals surface area contributed by atoms with Crippen LogP contribution in [0.3, 0.4) is 0 Å². The van der Waals surface area contributed by atoms with Crippen molar-refractivity contribution in [2.45, 2.75) is 31.3 Å². The van der Waals surface area contributed by atoms with Gasteiger partial charge in [-0.3, -0.25) is 4.79 Å². The first-order valence-electron chi connectivity index (χ1n) is 6.89. The summed E-state index contributed by atoms with van der Waals surface area (Å²) in [5.74, 6) is 0.653. The van der Waals surface area contributed by atoms with E-state index in [0.717, 1.165) is 31.9 Å². The maximum atomic E-state index is 11.8. The van der Waals surface area contributed by atoms with Crippen molar-refractivity contribution in [1.82, 2.24) is 15.3 Å². The molecule has 0 saturated carbocycles. The van der Waals surface area contributed by atoms with Crippen molar-refractivity contribution in [1.29, 1.82) is 0 Å². The highest BCUT2D eigenvalue weighted by molar-refractivity contribution is 5.81. The molecule has 0 spiro atoms. The number of hydrogen-bond donors (Lipinski definition) is 2. The van der Waals surface area contributed by atoms with Crippen LogP contribution in [0.15, 0.2) is 31.1 Å². The summed E-state index contributed by atoms with van der Waals surface area (Å²) in [5, 5.41) is 3.00. The van der Waals surface area contributed by atoms with Crippen LogP contribution in [-0.4, -0.2) is 41.0 Å². The third-order valence-electron chi connectivity index (χ3n) is 3.43. The standard InChI is InChI=1S/C14H21N5O/c1-2-4-12(15)13(20)18-11-5-9-19(10-6-11)14-16-7-3-8-17-14/h2-3,7-8,11-12H,1,4-6,9-10,15H2,(H,18,20). The maximum absolute atomic E-state index is 11.8. The summed E-state index contributed by atoms with van der Waals surface area (Å²) in [5.41, 5.74) is 5.75. The Morgan fingerprint density at radius 1 is 1.50 bits per heavy atom. The van der Waals surface area contributed by atoms with Gasteiger partial charge in [-0.25, -0.2) is 9.97 Å². The average Bonchev–Trinajstić information content (AvgIpc) is 2.49. The van der Waals surface area contributed by atoms with Gasteiger partial charge in [0, 0.05) is 31.5 Å². The van der Waals surface area contributed by atoms with Crippen LogP contribution in [0.5, 0.6) is 0 Å². The molecule has 3 N–H and O–H groups in total. The smallest absolute Gasteiger partial charge is 0.237 e. The number of amides is 1. The molecule has 1 aromatic rings. The Hall–Kier alpha value is -1.95. The predicted molar refractivity (Wildman–Crippen MR) is 78.2 cm³/mol. The highest BCUT2D eigenvalue weighted by atomic mass is 16.2. The van der Waals surface area contributed by atoms with Gasteiger partial charge < -0.3 is 16.0 Å². The number of carbonyl (C=O) groups excluding carboxylic acids is 1. The van der Waals surface area contributed by atoms with E-state index in [9.17, 15) is 4.79 Å². The lowest BCUT2D eigenvalue weighted by Gasteiger charge is -2.32. The van der Waals surface area contributed by atoms with E-state index in [0.29, 0.717) is 6.42 Å². The summed E-state index contributed by atoms with van der Waals surface area (Å²) in [6.45, 7) is 5.27. The molecule has 108 valence electrons. The second-order valence-electron chi connectivity index (χ2n) is 4.95. The summed E-state index contributed by atoms with van der Waals surface area (Å²) >= 11 is 0. The van der Waals surface area contributed by atoms with E-state index in [-0.39, 0.29) is 11.9 Å². The molecule has 2 heterocycles. The molecule has 0 radical (unpaired) electrons. The number of rotatable bonds is 5. The molecule has 20 heavy (non-hydrogen) atoms.